The molecule has 17 heavy (non-hydrogen) atoms. The molecule has 1 aromatic rings. The van der Waals surface area contributed by atoms with Gasteiger partial charge in [0.2, 0.25) is 0 Å². The van der Waals surface area contributed by atoms with Crippen LogP contribution in [0.2, 0.25) is 0 Å². The van der Waals surface area contributed by atoms with Gasteiger partial charge in [-0.05, 0) is 31.5 Å². The minimum atomic E-state index is 0.0532. The summed E-state index contributed by atoms with van der Waals surface area (Å²) in [7, 11) is 1.81. The number of carbonyl (C=O) groups excluding carboxylic acids is 1. The molecule has 4 heteroatoms. The Bertz CT molecular complexity index is 375. The van der Waals surface area contributed by atoms with Gasteiger partial charge >= 0.3 is 6.03 Å². The summed E-state index contributed by atoms with van der Waals surface area (Å²) in [6, 6.07) is 7.67. The third kappa shape index (κ3) is 3.66. The predicted molar refractivity (Wildman–Crippen MR) is 70.6 cm³/mol. The van der Waals surface area contributed by atoms with E-state index in [-0.39, 0.29) is 6.03 Å². The fourth-order valence-corrected chi connectivity index (χ4v) is 1.77. The zero-order valence-corrected chi connectivity index (χ0v) is 10.8. The summed E-state index contributed by atoms with van der Waals surface area (Å²) in [6.07, 6.45) is 0. The SMILES string of the molecule is CCN(CC)C(=O)N(C)Cc1cccc(N)c1. The number of rotatable bonds is 4. The van der Waals surface area contributed by atoms with Crippen LogP contribution in [0.25, 0.3) is 0 Å². The van der Waals surface area contributed by atoms with Gasteiger partial charge in [0.15, 0.2) is 0 Å². The number of urea groups is 1. The Morgan fingerprint density at radius 3 is 2.47 bits per heavy atom. The van der Waals surface area contributed by atoms with Gasteiger partial charge in [-0.25, -0.2) is 4.79 Å². The maximum atomic E-state index is 12.0. The van der Waals surface area contributed by atoms with Gasteiger partial charge in [0.05, 0.1) is 0 Å². The Morgan fingerprint density at radius 2 is 1.94 bits per heavy atom. The molecule has 0 unspecified atom stereocenters. The molecule has 0 fully saturated rings. The van der Waals surface area contributed by atoms with Crippen molar-refractivity contribution in [1.29, 1.82) is 0 Å². The summed E-state index contributed by atoms with van der Waals surface area (Å²) in [6.45, 7) is 6.01. The van der Waals surface area contributed by atoms with Gasteiger partial charge in [-0.1, -0.05) is 12.1 Å². The highest BCUT2D eigenvalue weighted by Crippen LogP contribution is 2.09. The lowest BCUT2D eigenvalue weighted by molar-refractivity contribution is 0.165. The molecule has 0 aliphatic heterocycles. The zero-order valence-electron chi connectivity index (χ0n) is 10.8. The van der Waals surface area contributed by atoms with Crippen LogP contribution >= 0.6 is 0 Å². The van der Waals surface area contributed by atoms with Gasteiger partial charge in [0.25, 0.3) is 0 Å². The van der Waals surface area contributed by atoms with Crippen LogP contribution in [0.15, 0.2) is 24.3 Å². The second kappa shape index (κ2) is 6.13. The smallest absolute Gasteiger partial charge is 0.320 e. The number of nitrogens with zero attached hydrogens (tertiary/aromatic N) is 2. The van der Waals surface area contributed by atoms with Crippen molar-refractivity contribution >= 4 is 11.7 Å². The van der Waals surface area contributed by atoms with Crippen molar-refractivity contribution in [2.75, 3.05) is 25.9 Å². The maximum absolute atomic E-state index is 12.0. The lowest BCUT2D eigenvalue weighted by Gasteiger charge is -2.26. The molecule has 2 amide bonds. The first-order valence-electron chi connectivity index (χ1n) is 5.93. The molecule has 2 N–H and O–H groups in total. The summed E-state index contributed by atoms with van der Waals surface area (Å²) in [5.41, 5.74) is 7.49. The molecule has 0 bridgehead atoms. The van der Waals surface area contributed by atoms with Crippen molar-refractivity contribution in [2.45, 2.75) is 20.4 Å². The molecule has 0 spiro atoms. The fourth-order valence-electron chi connectivity index (χ4n) is 1.77. The monoisotopic (exact) mass is 235 g/mol. The van der Waals surface area contributed by atoms with Crippen LogP contribution in [0, 0.1) is 0 Å². The van der Waals surface area contributed by atoms with Crippen LogP contribution < -0.4 is 5.73 Å². The van der Waals surface area contributed by atoms with E-state index >= 15 is 0 Å². The highest BCUT2D eigenvalue weighted by Gasteiger charge is 2.14. The van der Waals surface area contributed by atoms with E-state index in [1.807, 2.05) is 45.2 Å². The topological polar surface area (TPSA) is 49.6 Å². The van der Waals surface area contributed by atoms with Crippen LogP contribution in [0.4, 0.5) is 10.5 Å². The molecule has 0 radical (unpaired) electrons. The highest BCUT2D eigenvalue weighted by molar-refractivity contribution is 5.74. The summed E-state index contributed by atoms with van der Waals surface area (Å²) in [5.74, 6) is 0. The minimum Gasteiger partial charge on any atom is -0.399 e. The molecule has 0 aliphatic carbocycles. The van der Waals surface area contributed by atoms with Crippen molar-refractivity contribution < 1.29 is 4.79 Å². The van der Waals surface area contributed by atoms with Crippen molar-refractivity contribution in [2.24, 2.45) is 0 Å². The number of hydrogen-bond acceptors (Lipinski definition) is 2. The van der Waals surface area contributed by atoms with Crippen LogP contribution in [0.5, 0.6) is 0 Å². The first-order chi connectivity index (χ1) is 8.08. The molecule has 4 nitrogen and oxygen atoms in total. The Labute approximate surface area is 103 Å². The van der Waals surface area contributed by atoms with E-state index in [4.69, 9.17) is 5.73 Å². The number of amides is 2. The van der Waals surface area contributed by atoms with E-state index in [1.165, 1.54) is 0 Å². The first kappa shape index (κ1) is 13.4. The lowest BCUT2D eigenvalue weighted by Crippen LogP contribution is -2.40. The lowest BCUT2D eigenvalue weighted by atomic mass is 10.2. The standard InChI is InChI=1S/C13H21N3O/c1-4-16(5-2)13(17)15(3)10-11-7-6-8-12(14)9-11/h6-9H,4-5,10,14H2,1-3H3. The molecular weight excluding hydrogens is 214 g/mol. The molecule has 0 heterocycles. The van der Waals surface area contributed by atoms with Crippen molar-refractivity contribution in [3.05, 3.63) is 29.8 Å². The summed E-state index contributed by atoms with van der Waals surface area (Å²) >= 11 is 0. The summed E-state index contributed by atoms with van der Waals surface area (Å²) in [5, 5.41) is 0. The summed E-state index contributed by atoms with van der Waals surface area (Å²) in [4.78, 5) is 15.5. The van der Waals surface area contributed by atoms with E-state index in [1.54, 1.807) is 9.80 Å². The number of nitrogen functional groups attached to an aromatic ring is 1. The van der Waals surface area contributed by atoms with Gasteiger partial charge < -0.3 is 15.5 Å². The van der Waals surface area contributed by atoms with E-state index in [9.17, 15) is 4.79 Å². The third-order valence-corrected chi connectivity index (χ3v) is 2.73. The van der Waals surface area contributed by atoms with Gasteiger partial charge in [0.1, 0.15) is 0 Å². The van der Waals surface area contributed by atoms with E-state index < -0.39 is 0 Å². The van der Waals surface area contributed by atoms with Crippen LogP contribution in [0.3, 0.4) is 0 Å². The summed E-state index contributed by atoms with van der Waals surface area (Å²) < 4.78 is 0. The number of hydrogen-bond donors (Lipinski definition) is 1. The quantitative estimate of drug-likeness (QED) is 0.813. The number of nitrogens with two attached hydrogens (primary N) is 1. The Morgan fingerprint density at radius 1 is 1.29 bits per heavy atom. The molecule has 94 valence electrons. The van der Waals surface area contributed by atoms with Gasteiger partial charge in [0, 0.05) is 32.4 Å². The highest BCUT2D eigenvalue weighted by atomic mass is 16.2. The molecule has 0 saturated carbocycles. The molecule has 0 aromatic heterocycles. The molecule has 0 saturated heterocycles. The third-order valence-electron chi connectivity index (χ3n) is 2.73. The molecule has 1 rings (SSSR count). The predicted octanol–water partition coefficient (Wildman–Crippen LogP) is 2.16. The molecular formula is C13H21N3O. The average Bonchev–Trinajstić information content (AvgIpc) is 2.30. The van der Waals surface area contributed by atoms with Crippen LogP contribution in [-0.4, -0.2) is 36.0 Å². The molecule has 0 atom stereocenters. The van der Waals surface area contributed by atoms with E-state index in [0.29, 0.717) is 6.54 Å². The van der Waals surface area contributed by atoms with Gasteiger partial charge in [-0.3, -0.25) is 0 Å². The van der Waals surface area contributed by atoms with E-state index in [2.05, 4.69) is 0 Å². The largest absolute Gasteiger partial charge is 0.399 e. The average molecular weight is 235 g/mol. The number of benzene rings is 1. The van der Waals surface area contributed by atoms with Crippen molar-refractivity contribution in [3.63, 3.8) is 0 Å². The Hall–Kier alpha value is -1.71. The second-order valence-corrected chi connectivity index (χ2v) is 4.06. The molecule has 0 aliphatic rings. The van der Waals surface area contributed by atoms with Crippen LogP contribution in [0.1, 0.15) is 19.4 Å². The normalized spacial score (nSPS) is 10.1. The fraction of sp³-hybridized carbons (Fsp3) is 0.462. The Balaban J connectivity index is 2.65. The van der Waals surface area contributed by atoms with Crippen LogP contribution in [-0.2, 0) is 6.54 Å². The molecule has 1 aromatic carbocycles. The van der Waals surface area contributed by atoms with Gasteiger partial charge in [-0.15, -0.1) is 0 Å². The van der Waals surface area contributed by atoms with Gasteiger partial charge in [-0.2, -0.15) is 0 Å². The number of carbonyl (C=O) groups is 1. The zero-order chi connectivity index (χ0) is 12.8. The van der Waals surface area contributed by atoms with Crippen molar-refractivity contribution in [3.8, 4) is 0 Å². The number of anilines is 1. The van der Waals surface area contributed by atoms with E-state index in [0.717, 1.165) is 24.3 Å². The minimum absolute atomic E-state index is 0.0532. The maximum Gasteiger partial charge on any atom is 0.320 e. The second-order valence-electron chi connectivity index (χ2n) is 4.06. The Kier molecular flexibility index (Phi) is 4.82. The van der Waals surface area contributed by atoms with Crippen molar-refractivity contribution in [1.82, 2.24) is 9.80 Å². The first-order valence-corrected chi connectivity index (χ1v) is 5.93.